The number of likely N-dealkylation sites (N-methyl/N-ethyl adjacent to an activating group) is 1. The van der Waals surface area contributed by atoms with E-state index < -0.39 is 36.0 Å². The Kier molecular flexibility index (Phi) is 17.5. The molecule has 1 aromatic rings. The molecule has 274 valence electrons. The number of rotatable bonds is 21. The van der Waals surface area contributed by atoms with E-state index in [0.717, 1.165) is 4.90 Å². The van der Waals surface area contributed by atoms with E-state index in [-0.39, 0.29) is 68.6 Å². The van der Waals surface area contributed by atoms with Crippen LogP contribution in [0.3, 0.4) is 0 Å². The highest BCUT2D eigenvalue weighted by molar-refractivity contribution is 6.12. The average molecular weight is 701 g/mol. The van der Waals surface area contributed by atoms with Crippen LogP contribution in [0.15, 0.2) is 36.4 Å². The normalized spacial score (nSPS) is 13.3. The van der Waals surface area contributed by atoms with Crippen LogP contribution >= 0.6 is 0 Å². The molecule has 0 saturated carbocycles. The summed E-state index contributed by atoms with van der Waals surface area (Å²) in [6.45, 7) is 5.84. The summed E-state index contributed by atoms with van der Waals surface area (Å²) in [5.41, 5.74) is 6.15. The first-order valence-electron chi connectivity index (χ1n) is 16.5. The first-order valence-corrected chi connectivity index (χ1v) is 16.5. The number of benzene rings is 1. The molecule has 0 spiro atoms. The first kappa shape index (κ1) is 40.7. The summed E-state index contributed by atoms with van der Waals surface area (Å²) in [6, 6.07) is 3.74. The lowest BCUT2D eigenvalue weighted by Crippen LogP contribution is -2.54. The number of amides is 9. The predicted molar refractivity (Wildman–Crippen MR) is 182 cm³/mol. The number of hydrogen-bond donors (Lipinski definition) is 7. The van der Waals surface area contributed by atoms with Gasteiger partial charge in [0.25, 0.3) is 11.8 Å². The maximum Gasteiger partial charge on any atom is 0.407 e. The topological polar surface area (TPSA) is 247 Å². The number of nitrogens with one attached hydrogen (secondary N) is 6. The summed E-state index contributed by atoms with van der Waals surface area (Å²) < 4.78 is 5.10. The molecule has 1 aliphatic rings. The lowest BCUT2D eigenvalue weighted by atomic mass is 10.0. The van der Waals surface area contributed by atoms with Crippen LogP contribution in [0.25, 0.3) is 0 Å². The highest BCUT2D eigenvalue weighted by atomic mass is 16.5. The number of hydrogen-bond acceptors (Lipinski definition) is 9. The van der Waals surface area contributed by atoms with Crippen LogP contribution in [-0.2, 0) is 40.1 Å². The van der Waals surface area contributed by atoms with Crippen molar-refractivity contribution in [2.75, 3.05) is 31.5 Å². The van der Waals surface area contributed by atoms with Crippen molar-refractivity contribution < 1.29 is 43.1 Å². The Labute approximate surface area is 290 Å². The Bertz CT molecular complexity index is 1380. The molecule has 0 radical (unpaired) electrons. The van der Waals surface area contributed by atoms with Gasteiger partial charge in [0.05, 0.1) is 6.54 Å². The minimum atomic E-state index is -1.03. The van der Waals surface area contributed by atoms with Gasteiger partial charge in [-0.3, -0.25) is 33.7 Å². The molecule has 2 rings (SSSR count). The number of carbonyl (C=O) groups excluding carboxylic acids is 8. The van der Waals surface area contributed by atoms with E-state index in [1.54, 1.807) is 45.0 Å². The Hall–Kier alpha value is -5.48. The standard InChI is InChI=1S/C33H48N8O9/c1-4-35-26(43)19-37-33(49)50-20-22-11-13-23(14-12-22)38-30(46)24(9-8-17-36-32(34)48)39-31(47)29(21(2)3)40-25(42)10-6-5-7-18-41-27(44)15-16-28(41)45/h11-16,21,24,29H,4-10,17-20H2,1-3H3,(H,35,43)(H,37,49)(H,38,46)(H,39,47)(H,40,42)(H3,34,36,48)/t24-,29-/m0/s1. The van der Waals surface area contributed by atoms with Gasteiger partial charge < -0.3 is 42.4 Å². The third-order valence-corrected chi connectivity index (χ3v) is 7.41. The molecule has 0 saturated heterocycles. The number of anilines is 1. The molecule has 1 heterocycles. The van der Waals surface area contributed by atoms with E-state index in [1.165, 1.54) is 12.2 Å². The van der Waals surface area contributed by atoms with Gasteiger partial charge in [0.15, 0.2) is 0 Å². The fraction of sp³-hybridized carbons (Fsp3) is 0.515. The van der Waals surface area contributed by atoms with E-state index in [9.17, 15) is 38.4 Å². The first-order chi connectivity index (χ1) is 23.8. The Morgan fingerprint density at radius 3 is 2.12 bits per heavy atom. The monoisotopic (exact) mass is 700 g/mol. The minimum absolute atomic E-state index is 0.0817. The number of unbranched alkanes of at least 4 members (excludes halogenated alkanes) is 2. The lowest BCUT2D eigenvalue weighted by Gasteiger charge is -2.25. The lowest BCUT2D eigenvalue weighted by molar-refractivity contribution is -0.137. The molecular formula is C33H48N8O9. The molecule has 0 aliphatic carbocycles. The van der Waals surface area contributed by atoms with Crippen molar-refractivity contribution in [1.29, 1.82) is 0 Å². The van der Waals surface area contributed by atoms with Crippen LogP contribution in [0.1, 0.15) is 64.9 Å². The van der Waals surface area contributed by atoms with Gasteiger partial charge in [-0.2, -0.15) is 0 Å². The zero-order valence-corrected chi connectivity index (χ0v) is 28.7. The van der Waals surface area contributed by atoms with Gasteiger partial charge in [-0.1, -0.05) is 32.4 Å². The van der Waals surface area contributed by atoms with Gasteiger partial charge in [0.2, 0.25) is 23.6 Å². The maximum absolute atomic E-state index is 13.4. The van der Waals surface area contributed by atoms with Gasteiger partial charge in [-0.05, 0) is 56.2 Å². The van der Waals surface area contributed by atoms with E-state index in [4.69, 9.17) is 10.5 Å². The van der Waals surface area contributed by atoms with Crippen LogP contribution in [0, 0.1) is 5.92 Å². The van der Waals surface area contributed by atoms with E-state index >= 15 is 0 Å². The molecule has 50 heavy (non-hydrogen) atoms. The molecule has 1 aliphatic heterocycles. The van der Waals surface area contributed by atoms with Crippen LogP contribution in [0.2, 0.25) is 0 Å². The molecule has 1 aromatic carbocycles. The van der Waals surface area contributed by atoms with E-state index in [2.05, 4.69) is 31.9 Å². The van der Waals surface area contributed by atoms with Gasteiger partial charge in [0.1, 0.15) is 18.7 Å². The Morgan fingerprint density at radius 1 is 0.820 bits per heavy atom. The van der Waals surface area contributed by atoms with E-state index in [0.29, 0.717) is 43.5 Å². The molecule has 17 heteroatoms. The Morgan fingerprint density at radius 2 is 1.50 bits per heavy atom. The molecule has 9 amide bonds. The average Bonchev–Trinajstić information content (AvgIpc) is 3.39. The number of carbonyl (C=O) groups is 8. The number of ether oxygens (including phenoxy) is 1. The summed E-state index contributed by atoms with van der Waals surface area (Å²) in [6.07, 6.45) is 3.87. The summed E-state index contributed by atoms with van der Waals surface area (Å²) in [5.74, 6) is -2.82. The molecule has 17 nitrogen and oxygen atoms in total. The van der Waals surface area contributed by atoms with Gasteiger partial charge in [0, 0.05) is 43.9 Å². The smallest absolute Gasteiger partial charge is 0.407 e. The van der Waals surface area contributed by atoms with E-state index in [1.807, 2.05) is 0 Å². The number of imide groups is 1. The summed E-state index contributed by atoms with van der Waals surface area (Å²) in [5, 5.41) is 15.5. The highest BCUT2D eigenvalue weighted by Gasteiger charge is 2.29. The van der Waals surface area contributed by atoms with Gasteiger partial charge >= 0.3 is 12.1 Å². The van der Waals surface area contributed by atoms with Crippen molar-refractivity contribution >= 4 is 53.3 Å². The zero-order chi connectivity index (χ0) is 37.1. The van der Waals surface area contributed by atoms with Gasteiger partial charge in [-0.25, -0.2) is 9.59 Å². The van der Waals surface area contributed by atoms with Crippen LogP contribution < -0.4 is 37.6 Å². The number of nitrogens with two attached hydrogens (primary N) is 1. The SMILES string of the molecule is CCNC(=O)CNC(=O)OCc1ccc(NC(=O)[C@H](CCCNC(N)=O)NC(=O)[C@@H](NC(=O)CCCCCN2C(=O)C=CC2=O)C(C)C)cc1. The highest BCUT2D eigenvalue weighted by Crippen LogP contribution is 2.13. The van der Waals surface area contributed by atoms with Crippen molar-refractivity contribution in [3.63, 3.8) is 0 Å². The second-order valence-electron chi connectivity index (χ2n) is 11.8. The molecular weight excluding hydrogens is 652 g/mol. The molecule has 0 unspecified atom stereocenters. The van der Waals surface area contributed by atoms with Crippen molar-refractivity contribution in [2.45, 2.75) is 78.0 Å². The molecule has 2 atom stereocenters. The minimum Gasteiger partial charge on any atom is -0.445 e. The van der Waals surface area contributed by atoms with Crippen LogP contribution in [0.4, 0.5) is 15.3 Å². The fourth-order valence-electron chi connectivity index (χ4n) is 4.74. The van der Waals surface area contributed by atoms with Crippen molar-refractivity contribution in [3.8, 4) is 0 Å². The summed E-state index contributed by atoms with van der Waals surface area (Å²) in [4.78, 5) is 98.3. The van der Waals surface area contributed by atoms with Crippen molar-refractivity contribution in [3.05, 3.63) is 42.0 Å². The molecule has 8 N–H and O–H groups in total. The number of primary amides is 1. The van der Waals surface area contributed by atoms with Crippen molar-refractivity contribution in [1.82, 2.24) is 31.5 Å². The summed E-state index contributed by atoms with van der Waals surface area (Å²) in [7, 11) is 0. The quantitative estimate of drug-likeness (QED) is 0.0698. The van der Waals surface area contributed by atoms with Gasteiger partial charge in [-0.15, -0.1) is 0 Å². The maximum atomic E-state index is 13.4. The van der Waals surface area contributed by atoms with Crippen molar-refractivity contribution in [2.24, 2.45) is 11.7 Å². The third-order valence-electron chi connectivity index (χ3n) is 7.41. The largest absolute Gasteiger partial charge is 0.445 e. The fourth-order valence-corrected chi connectivity index (χ4v) is 4.74. The number of alkyl carbamates (subject to hydrolysis) is 1. The molecule has 0 bridgehead atoms. The molecule has 0 aromatic heterocycles. The predicted octanol–water partition coefficient (Wildman–Crippen LogP) is 0.547. The zero-order valence-electron chi connectivity index (χ0n) is 28.7. The van der Waals surface area contributed by atoms with Crippen LogP contribution in [-0.4, -0.2) is 90.7 Å². The van der Waals surface area contributed by atoms with Crippen LogP contribution in [0.5, 0.6) is 0 Å². The second-order valence-corrected chi connectivity index (χ2v) is 11.8. The second kappa shape index (κ2) is 21.5. The Balaban J connectivity index is 1.92. The number of urea groups is 1. The molecule has 0 fully saturated rings. The summed E-state index contributed by atoms with van der Waals surface area (Å²) >= 11 is 0. The number of nitrogens with zero attached hydrogens (tertiary/aromatic N) is 1. The third kappa shape index (κ3) is 15.2.